The van der Waals surface area contributed by atoms with Crippen LogP contribution >= 0.6 is 11.3 Å². The Morgan fingerprint density at radius 3 is 2.85 bits per heavy atom. The number of benzene rings is 2. The number of ether oxygens (including phenoxy) is 1. The summed E-state index contributed by atoms with van der Waals surface area (Å²) in [5.41, 5.74) is 10.3. The molecule has 1 atom stereocenters. The average molecular weight is 477 g/mol. The number of aryl methyl sites for hydroxylation is 1. The van der Waals surface area contributed by atoms with Gasteiger partial charge in [0.05, 0.1) is 39.0 Å². The number of aromatic nitrogens is 2. The molecule has 1 aliphatic carbocycles. The summed E-state index contributed by atoms with van der Waals surface area (Å²) in [5, 5.41) is 1.74. The Hall–Kier alpha value is -3.10. The molecule has 0 bridgehead atoms. The molecule has 1 saturated carbocycles. The van der Waals surface area contributed by atoms with E-state index in [9.17, 15) is 4.79 Å². The van der Waals surface area contributed by atoms with Gasteiger partial charge in [0.15, 0.2) is 0 Å². The molecule has 6 rings (SSSR count). The van der Waals surface area contributed by atoms with Crippen molar-refractivity contribution >= 4 is 44.2 Å². The van der Waals surface area contributed by atoms with E-state index in [-0.39, 0.29) is 17.6 Å². The molecule has 0 spiro atoms. The number of hydrogen-bond acceptors (Lipinski definition) is 6. The van der Waals surface area contributed by atoms with Gasteiger partial charge in [0.1, 0.15) is 11.6 Å². The summed E-state index contributed by atoms with van der Waals surface area (Å²) in [7, 11) is 0. The maximum absolute atomic E-state index is 15.2. The van der Waals surface area contributed by atoms with Crippen molar-refractivity contribution < 1.29 is 13.9 Å². The summed E-state index contributed by atoms with van der Waals surface area (Å²) in [6.45, 7) is 5.33. The zero-order valence-electron chi connectivity index (χ0n) is 19.1. The molecule has 8 heteroatoms. The zero-order chi connectivity index (χ0) is 23.6. The van der Waals surface area contributed by atoms with Gasteiger partial charge in [-0.25, -0.2) is 14.4 Å². The van der Waals surface area contributed by atoms with Gasteiger partial charge in [-0.15, -0.1) is 11.3 Å². The first-order valence-electron chi connectivity index (χ1n) is 11.6. The van der Waals surface area contributed by atoms with Crippen LogP contribution in [0.5, 0.6) is 0 Å². The normalized spacial score (nSPS) is 17.4. The second-order valence-corrected chi connectivity index (χ2v) is 10.6. The number of pyridine rings is 1. The third kappa shape index (κ3) is 3.71. The fraction of sp³-hybridized carbons (Fsp3) is 0.346. The average Bonchev–Trinajstić information content (AvgIpc) is 3.41. The summed E-state index contributed by atoms with van der Waals surface area (Å²) in [6.07, 6.45) is 2.03. The van der Waals surface area contributed by atoms with E-state index in [1.807, 2.05) is 26.0 Å². The van der Waals surface area contributed by atoms with Gasteiger partial charge in [-0.05, 0) is 61.9 Å². The molecule has 0 radical (unpaired) electrons. The fourth-order valence-corrected chi connectivity index (χ4v) is 5.75. The van der Waals surface area contributed by atoms with Crippen molar-refractivity contribution in [2.45, 2.75) is 45.9 Å². The lowest BCUT2D eigenvalue weighted by Crippen LogP contribution is -2.33. The number of fused-ring (bicyclic) bond motifs is 4. The lowest BCUT2D eigenvalue weighted by Gasteiger charge is -2.23. The molecule has 1 fully saturated rings. The van der Waals surface area contributed by atoms with E-state index in [0.29, 0.717) is 36.9 Å². The van der Waals surface area contributed by atoms with Crippen LogP contribution in [0.25, 0.3) is 21.1 Å². The van der Waals surface area contributed by atoms with Gasteiger partial charge in [0.25, 0.3) is 5.91 Å². The highest BCUT2D eigenvalue weighted by molar-refractivity contribution is 7.18. The van der Waals surface area contributed by atoms with Crippen LogP contribution in [0, 0.1) is 18.7 Å². The second kappa shape index (κ2) is 7.99. The summed E-state index contributed by atoms with van der Waals surface area (Å²) in [6, 6.07) is 9.04. The van der Waals surface area contributed by atoms with Gasteiger partial charge < -0.3 is 15.4 Å². The number of amides is 1. The Kier molecular flexibility index (Phi) is 5.04. The van der Waals surface area contributed by atoms with Crippen LogP contribution in [0.2, 0.25) is 0 Å². The third-order valence-corrected chi connectivity index (χ3v) is 7.70. The first-order valence-corrected chi connectivity index (χ1v) is 12.4. The summed E-state index contributed by atoms with van der Waals surface area (Å²) < 4.78 is 22.1. The molecule has 1 aliphatic heterocycles. The number of nitrogens with zero attached hydrogens (tertiary/aromatic N) is 3. The van der Waals surface area contributed by atoms with Crippen LogP contribution in [0.15, 0.2) is 30.3 Å². The molecular formula is C26H25FN4O2S. The smallest absolute Gasteiger partial charge is 0.257 e. The van der Waals surface area contributed by atoms with Crippen molar-refractivity contribution in [1.82, 2.24) is 14.9 Å². The summed E-state index contributed by atoms with van der Waals surface area (Å²) in [4.78, 5) is 24.4. The van der Waals surface area contributed by atoms with Gasteiger partial charge in [-0.2, -0.15) is 0 Å². The largest absolute Gasteiger partial charge is 0.383 e. The number of anilines is 1. The number of nitrogens with two attached hydrogens (primary N) is 1. The molecular weight excluding hydrogens is 451 g/mol. The number of carbonyl (C=O) groups is 1. The Morgan fingerprint density at radius 2 is 2.06 bits per heavy atom. The van der Waals surface area contributed by atoms with E-state index >= 15 is 4.39 Å². The van der Waals surface area contributed by atoms with Crippen molar-refractivity contribution in [3.8, 4) is 0 Å². The van der Waals surface area contributed by atoms with E-state index in [2.05, 4.69) is 16.0 Å². The molecule has 4 aromatic rings. The highest BCUT2D eigenvalue weighted by Crippen LogP contribution is 2.39. The predicted molar refractivity (Wildman–Crippen MR) is 131 cm³/mol. The number of nitrogen functional groups attached to an aromatic ring is 1. The van der Waals surface area contributed by atoms with Crippen molar-refractivity contribution in [2.24, 2.45) is 5.92 Å². The van der Waals surface area contributed by atoms with E-state index in [1.54, 1.807) is 22.3 Å². The first kappa shape index (κ1) is 21.4. The molecule has 2 aliphatic rings. The van der Waals surface area contributed by atoms with Crippen LogP contribution in [0.1, 0.15) is 57.9 Å². The van der Waals surface area contributed by atoms with Gasteiger partial charge in [-0.1, -0.05) is 6.07 Å². The minimum absolute atomic E-state index is 0.0659. The number of carbonyl (C=O) groups excluding carboxylic acids is 1. The molecule has 1 unspecified atom stereocenters. The Balaban J connectivity index is 1.38. The first-order chi connectivity index (χ1) is 16.4. The van der Waals surface area contributed by atoms with E-state index in [0.717, 1.165) is 50.1 Å². The molecule has 34 heavy (non-hydrogen) atoms. The molecule has 0 saturated heterocycles. The Labute approximate surface area is 200 Å². The van der Waals surface area contributed by atoms with Gasteiger partial charge in [0.2, 0.25) is 0 Å². The Bertz CT molecular complexity index is 1460. The van der Waals surface area contributed by atoms with Crippen molar-refractivity contribution in [1.29, 1.82) is 0 Å². The van der Waals surface area contributed by atoms with Crippen LogP contribution in [-0.4, -0.2) is 27.3 Å². The predicted octanol–water partition coefficient (Wildman–Crippen LogP) is 5.52. The van der Waals surface area contributed by atoms with Crippen LogP contribution in [0.4, 0.5) is 10.2 Å². The molecule has 2 N–H and O–H groups in total. The fourth-order valence-electron chi connectivity index (χ4n) is 4.86. The molecule has 2 aromatic carbocycles. The highest BCUT2D eigenvalue weighted by atomic mass is 32.1. The topological polar surface area (TPSA) is 81.3 Å². The van der Waals surface area contributed by atoms with E-state index < -0.39 is 5.82 Å². The van der Waals surface area contributed by atoms with Crippen molar-refractivity contribution in [3.63, 3.8) is 0 Å². The minimum Gasteiger partial charge on any atom is -0.383 e. The SMILES string of the molecule is Cc1nc2ccc(CN(CC3CC3)C(=O)c3cc4c5c(c(N)nc4cc3F)C(C)OC5)cc2s1. The van der Waals surface area contributed by atoms with Crippen LogP contribution in [0.3, 0.4) is 0 Å². The monoisotopic (exact) mass is 476 g/mol. The zero-order valence-corrected chi connectivity index (χ0v) is 19.9. The standard InChI is InChI=1S/C26H25FN4O2S/c1-13-24-19(12-33-13)17-8-18(20(27)9-22(17)30-25(24)28)26(32)31(10-15-3-4-15)11-16-5-6-21-23(7-16)34-14(2)29-21/h5-9,13,15H,3-4,10-12H2,1-2H3,(H2,28,30). The summed E-state index contributed by atoms with van der Waals surface area (Å²) >= 11 is 1.64. The highest BCUT2D eigenvalue weighted by Gasteiger charge is 2.30. The second-order valence-electron chi connectivity index (χ2n) is 9.36. The maximum Gasteiger partial charge on any atom is 0.257 e. The van der Waals surface area contributed by atoms with Gasteiger partial charge in [0, 0.05) is 30.1 Å². The molecule has 2 aromatic heterocycles. The summed E-state index contributed by atoms with van der Waals surface area (Å²) in [5.74, 6) is -0.0492. The lowest BCUT2D eigenvalue weighted by molar-refractivity contribution is 0.0730. The quantitative estimate of drug-likeness (QED) is 0.410. The minimum atomic E-state index is -0.578. The van der Waals surface area contributed by atoms with Gasteiger partial charge >= 0.3 is 0 Å². The number of rotatable bonds is 5. The number of thiazole rings is 1. The number of hydrogen-bond donors (Lipinski definition) is 1. The number of halogens is 1. The lowest BCUT2D eigenvalue weighted by atomic mass is 9.99. The molecule has 6 nitrogen and oxygen atoms in total. The van der Waals surface area contributed by atoms with Crippen molar-refractivity contribution in [3.05, 3.63) is 63.4 Å². The van der Waals surface area contributed by atoms with Crippen LogP contribution in [-0.2, 0) is 17.9 Å². The Morgan fingerprint density at radius 1 is 1.24 bits per heavy atom. The molecule has 174 valence electrons. The van der Waals surface area contributed by atoms with E-state index in [4.69, 9.17) is 10.5 Å². The van der Waals surface area contributed by atoms with Crippen LogP contribution < -0.4 is 5.73 Å². The van der Waals surface area contributed by atoms with Crippen molar-refractivity contribution in [2.75, 3.05) is 12.3 Å². The molecule has 3 heterocycles. The van der Waals surface area contributed by atoms with Gasteiger partial charge in [-0.3, -0.25) is 4.79 Å². The van der Waals surface area contributed by atoms with E-state index in [1.165, 1.54) is 6.07 Å². The molecule has 1 amide bonds. The maximum atomic E-state index is 15.2. The third-order valence-electron chi connectivity index (χ3n) is 6.76.